The van der Waals surface area contributed by atoms with Crippen LogP contribution in [0.3, 0.4) is 0 Å². The molecular weight excluding hydrogens is 438 g/mol. The molecule has 1 aliphatic rings. The van der Waals surface area contributed by atoms with Gasteiger partial charge in [0.2, 0.25) is 5.88 Å². The Hall–Kier alpha value is -3.95. The normalized spacial score (nSPS) is 17.4. The lowest BCUT2D eigenvalue weighted by atomic mass is 10.1. The van der Waals surface area contributed by atoms with Crippen molar-refractivity contribution in [1.82, 2.24) is 25.1 Å². The summed E-state index contributed by atoms with van der Waals surface area (Å²) in [4.78, 5) is 32.4. The summed E-state index contributed by atoms with van der Waals surface area (Å²) in [5.74, 6) is -0.763. The van der Waals surface area contributed by atoms with Crippen LogP contribution in [-0.2, 0) is 29.7 Å². The first-order valence-corrected chi connectivity index (χ1v) is 11.1. The quantitative estimate of drug-likeness (QED) is 0.519. The van der Waals surface area contributed by atoms with Crippen molar-refractivity contribution in [3.63, 3.8) is 0 Å². The van der Waals surface area contributed by atoms with Gasteiger partial charge in [0.05, 0.1) is 36.2 Å². The Morgan fingerprint density at radius 2 is 2.00 bits per heavy atom. The van der Waals surface area contributed by atoms with E-state index in [0.29, 0.717) is 36.5 Å². The predicted octanol–water partition coefficient (Wildman–Crippen LogP) is 3.24. The largest absolute Gasteiger partial charge is 0.481 e. The molecule has 0 saturated heterocycles. The van der Waals surface area contributed by atoms with Crippen LogP contribution in [-0.4, -0.2) is 43.0 Å². The number of aryl methyl sites for hydroxylation is 2. The van der Waals surface area contributed by atoms with E-state index < -0.39 is 12.1 Å². The minimum Gasteiger partial charge on any atom is -0.481 e. The fraction of sp³-hybridized carbons (Fsp3) is 0.375. The third-order valence-corrected chi connectivity index (χ3v) is 5.86. The number of carbonyl (C=O) groups is 2. The van der Waals surface area contributed by atoms with Crippen molar-refractivity contribution in [1.29, 1.82) is 0 Å². The first-order chi connectivity index (χ1) is 16.4. The number of rotatable bonds is 8. The summed E-state index contributed by atoms with van der Waals surface area (Å²) in [5.41, 5.74) is 3.59. The maximum atomic E-state index is 12.2. The number of hydrogen-bond donors (Lipinski definition) is 2. The van der Waals surface area contributed by atoms with Gasteiger partial charge in [0, 0.05) is 12.6 Å². The van der Waals surface area contributed by atoms with E-state index in [-0.39, 0.29) is 25.2 Å². The van der Waals surface area contributed by atoms with Gasteiger partial charge in [0.1, 0.15) is 18.4 Å². The molecule has 1 saturated carbocycles. The van der Waals surface area contributed by atoms with E-state index in [0.717, 1.165) is 16.8 Å². The van der Waals surface area contributed by atoms with Gasteiger partial charge >= 0.3 is 12.1 Å². The second kappa shape index (κ2) is 10.3. The number of amides is 1. The highest BCUT2D eigenvalue weighted by Gasteiger charge is 2.31. The fourth-order valence-corrected chi connectivity index (χ4v) is 3.96. The lowest BCUT2D eigenvalue weighted by Crippen LogP contribution is -2.25. The Balaban J connectivity index is 1.38. The van der Waals surface area contributed by atoms with Crippen molar-refractivity contribution >= 4 is 12.1 Å². The fourth-order valence-electron chi connectivity index (χ4n) is 3.96. The molecule has 2 unspecified atom stereocenters. The molecule has 0 radical (unpaired) electrons. The first-order valence-electron chi connectivity index (χ1n) is 11.1. The highest BCUT2D eigenvalue weighted by Crippen LogP contribution is 2.30. The summed E-state index contributed by atoms with van der Waals surface area (Å²) in [5, 5.41) is 16.2. The van der Waals surface area contributed by atoms with Crippen molar-refractivity contribution in [2.75, 3.05) is 0 Å². The Bertz CT molecular complexity index is 1160. The van der Waals surface area contributed by atoms with Gasteiger partial charge in [-0.05, 0) is 31.7 Å². The van der Waals surface area contributed by atoms with Gasteiger partial charge in [0.15, 0.2) is 0 Å². The summed E-state index contributed by atoms with van der Waals surface area (Å²) in [7, 11) is 1.78. The lowest BCUT2D eigenvalue weighted by molar-refractivity contribution is -0.141. The Labute approximate surface area is 196 Å². The van der Waals surface area contributed by atoms with Crippen LogP contribution < -0.4 is 10.1 Å². The van der Waals surface area contributed by atoms with Crippen LogP contribution in [0, 0.1) is 12.8 Å². The topological polar surface area (TPSA) is 128 Å². The van der Waals surface area contributed by atoms with E-state index in [1.165, 1.54) is 0 Å². The second-order valence-electron chi connectivity index (χ2n) is 8.28. The number of alkyl carbamates (subject to hydrolysis) is 1. The van der Waals surface area contributed by atoms with Gasteiger partial charge in [-0.2, -0.15) is 5.10 Å². The molecule has 2 N–H and O–H groups in total. The van der Waals surface area contributed by atoms with Gasteiger partial charge < -0.3 is 19.9 Å². The number of hydrogen-bond acceptors (Lipinski definition) is 7. The molecule has 1 fully saturated rings. The van der Waals surface area contributed by atoms with E-state index in [1.807, 2.05) is 30.3 Å². The second-order valence-corrected chi connectivity index (χ2v) is 8.28. The number of aliphatic carboxylic acids is 1. The van der Waals surface area contributed by atoms with Crippen molar-refractivity contribution in [2.45, 2.75) is 45.4 Å². The molecule has 34 heavy (non-hydrogen) atoms. The van der Waals surface area contributed by atoms with Crippen LogP contribution in [0.15, 0.2) is 42.7 Å². The highest BCUT2D eigenvalue weighted by atomic mass is 16.5. The van der Waals surface area contributed by atoms with Crippen LogP contribution in [0.2, 0.25) is 0 Å². The zero-order valence-electron chi connectivity index (χ0n) is 19.1. The molecule has 4 rings (SSSR count). The average molecular weight is 466 g/mol. The number of nitrogens with one attached hydrogen (secondary N) is 1. The van der Waals surface area contributed by atoms with E-state index in [2.05, 4.69) is 20.4 Å². The van der Waals surface area contributed by atoms with Crippen LogP contribution in [0.1, 0.15) is 36.2 Å². The van der Waals surface area contributed by atoms with Gasteiger partial charge in [0.25, 0.3) is 0 Å². The summed E-state index contributed by atoms with van der Waals surface area (Å²) in [6.45, 7) is 2.19. The molecule has 2 atom stereocenters. The summed E-state index contributed by atoms with van der Waals surface area (Å²) >= 11 is 0. The molecule has 2 aromatic heterocycles. The average Bonchev–Trinajstić information content (AvgIpc) is 3.45. The van der Waals surface area contributed by atoms with E-state index in [1.54, 1.807) is 31.0 Å². The molecule has 10 nitrogen and oxygen atoms in total. The molecule has 2 heterocycles. The number of nitrogens with zero attached hydrogens (tertiary/aromatic N) is 4. The molecular formula is C24H27N5O5. The monoisotopic (exact) mass is 465 g/mol. The third kappa shape index (κ3) is 5.51. The van der Waals surface area contributed by atoms with Gasteiger partial charge in [-0.15, -0.1) is 0 Å². The Morgan fingerprint density at radius 1 is 1.21 bits per heavy atom. The number of ether oxygens (including phenoxy) is 2. The number of benzene rings is 1. The molecule has 1 aliphatic carbocycles. The molecule has 3 aromatic rings. The zero-order chi connectivity index (χ0) is 24.1. The number of aromatic nitrogens is 4. The van der Waals surface area contributed by atoms with Crippen LogP contribution in [0.4, 0.5) is 4.79 Å². The van der Waals surface area contributed by atoms with Crippen LogP contribution in [0.5, 0.6) is 5.88 Å². The molecule has 1 aromatic carbocycles. The van der Waals surface area contributed by atoms with Crippen molar-refractivity contribution < 1.29 is 24.2 Å². The smallest absolute Gasteiger partial charge is 0.407 e. The molecule has 1 amide bonds. The van der Waals surface area contributed by atoms with E-state index >= 15 is 0 Å². The van der Waals surface area contributed by atoms with Crippen molar-refractivity contribution in [2.24, 2.45) is 13.0 Å². The van der Waals surface area contributed by atoms with Crippen molar-refractivity contribution in [3.05, 3.63) is 59.7 Å². The molecule has 178 valence electrons. The van der Waals surface area contributed by atoms with E-state index in [4.69, 9.17) is 9.47 Å². The zero-order valence-corrected chi connectivity index (χ0v) is 19.1. The lowest BCUT2D eigenvalue weighted by Gasteiger charge is -2.14. The van der Waals surface area contributed by atoms with Gasteiger partial charge in [-0.1, -0.05) is 30.3 Å². The van der Waals surface area contributed by atoms with E-state index in [9.17, 15) is 14.7 Å². The molecule has 0 aliphatic heterocycles. The van der Waals surface area contributed by atoms with Crippen molar-refractivity contribution in [3.8, 4) is 17.1 Å². The van der Waals surface area contributed by atoms with Gasteiger partial charge in [-0.3, -0.25) is 9.48 Å². The highest BCUT2D eigenvalue weighted by molar-refractivity contribution is 5.70. The maximum absolute atomic E-state index is 12.2. The summed E-state index contributed by atoms with van der Waals surface area (Å²) in [6, 6.07) is 9.45. The summed E-state index contributed by atoms with van der Waals surface area (Å²) in [6.07, 6.45) is 4.31. The van der Waals surface area contributed by atoms with Gasteiger partial charge in [-0.25, -0.2) is 14.8 Å². The molecule has 0 bridgehead atoms. The maximum Gasteiger partial charge on any atom is 0.407 e. The SMILES string of the molecule is Cc1nc(-c2cnn(C)c2CNC(=O)OCc2ccccc2)cnc1OC1CCC(C(=O)O)C1. The van der Waals surface area contributed by atoms with Crippen LogP contribution in [0.25, 0.3) is 11.3 Å². The Morgan fingerprint density at radius 3 is 2.71 bits per heavy atom. The predicted molar refractivity (Wildman–Crippen MR) is 122 cm³/mol. The number of carboxylic acids is 1. The first kappa shape index (κ1) is 23.2. The minimum atomic E-state index is -0.786. The standard InChI is InChI=1S/C24H27N5O5/c1-15-22(34-18-9-8-17(10-18)23(30)31)25-12-20(28-15)19-11-27-29(2)21(19)13-26-24(32)33-14-16-6-4-3-5-7-16/h3-7,11-12,17-18H,8-10,13-14H2,1-2H3,(H,26,32)(H,30,31). The summed E-state index contributed by atoms with van der Waals surface area (Å²) < 4.78 is 12.9. The molecule has 10 heteroatoms. The molecule has 0 spiro atoms. The Kier molecular flexibility index (Phi) is 7.05. The minimum absolute atomic E-state index is 0.181. The van der Waals surface area contributed by atoms with Crippen LogP contribution >= 0.6 is 0 Å². The number of carboxylic acid groups (broad SMARTS) is 1. The number of carbonyl (C=O) groups excluding carboxylic acids is 1. The third-order valence-electron chi connectivity index (χ3n) is 5.86.